The van der Waals surface area contributed by atoms with E-state index in [0.29, 0.717) is 0 Å². The molecule has 0 saturated heterocycles. The number of aliphatic carboxylic acids is 2. The third-order valence-electron chi connectivity index (χ3n) is 2.61. The van der Waals surface area contributed by atoms with E-state index in [9.17, 15) is 19.7 Å². The van der Waals surface area contributed by atoms with Crippen molar-refractivity contribution in [3.8, 4) is 0 Å². The monoisotopic (exact) mass is 233 g/mol. The second-order valence-corrected chi connectivity index (χ2v) is 3.49. The fraction of sp³-hybridized carbons (Fsp3) is 0.778. The first-order chi connectivity index (χ1) is 7.36. The SMILES string of the molecule is CCC(C(C(=O)O)C(=O)O)C(CC)[N+](=O)[O-]. The van der Waals surface area contributed by atoms with Gasteiger partial charge in [-0.2, -0.15) is 0 Å². The van der Waals surface area contributed by atoms with Crippen LogP contribution in [0.15, 0.2) is 0 Å². The average molecular weight is 233 g/mol. The van der Waals surface area contributed by atoms with Crippen molar-refractivity contribution in [3.05, 3.63) is 10.1 Å². The summed E-state index contributed by atoms with van der Waals surface area (Å²) in [5, 5.41) is 28.2. The van der Waals surface area contributed by atoms with E-state index in [1.54, 1.807) is 6.92 Å². The van der Waals surface area contributed by atoms with Gasteiger partial charge in [0, 0.05) is 11.3 Å². The van der Waals surface area contributed by atoms with Gasteiger partial charge in [-0.25, -0.2) is 0 Å². The van der Waals surface area contributed by atoms with Gasteiger partial charge in [0.2, 0.25) is 6.04 Å². The summed E-state index contributed by atoms with van der Waals surface area (Å²) >= 11 is 0. The summed E-state index contributed by atoms with van der Waals surface area (Å²) in [6.07, 6.45) is 0.255. The Kier molecular flexibility index (Phi) is 5.41. The van der Waals surface area contributed by atoms with Gasteiger partial charge >= 0.3 is 11.9 Å². The Hall–Kier alpha value is -1.66. The molecule has 0 spiro atoms. The zero-order valence-electron chi connectivity index (χ0n) is 9.12. The Morgan fingerprint density at radius 1 is 1.19 bits per heavy atom. The van der Waals surface area contributed by atoms with Gasteiger partial charge < -0.3 is 10.2 Å². The highest BCUT2D eigenvalue weighted by Crippen LogP contribution is 2.24. The maximum absolute atomic E-state index is 10.8. The molecule has 0 bridgehead atoms. The number of hydrogen-bond acceptors (Lipinski definition) is 4. The summed E-state index contributed by atoms with van der Waals surface area (Å²) in [6, 6.07) is -1.14. The Morgan fingerprint density at radius 2 is 1.62 bits per heavy atom. The molecule has 7 heteroatoms. The molecule has 2 unspecified atom stereocenters. The second-order valence-electron chi connectivity index (χ2n) is 3.49. The van der Waals surface area contributed by atoms with Crippen LogP contribution in [-0.2, 0) is 9.59 Å². The molecule has 0 radical (unpaired) electrons. The molecular formula is C9H15NO6. The zero-order valence-corrected chi connectivity index (χ0v) is 9.12. The first-order valence-corrected chi connectivity index (χ1v) is 4.95. The van der Waals surface area contributed by atoms with Crippen LogP contribution in [-0.4, -0.2) is 33.1 Å². The lowest BCUT2D eigenvalue weighted by Crippen LogP contribution is -2.40. The number of rotatable bonds is 7. The van der Waals surface area contributed by atoms with Crippen molar-refractivity contribution in [2.75, 3.05) is 0 Å². The van der Waals surface area contributed by atoms with Gasteiger partial charge in [0.1, 0.15) is 0 Å². The summed E-state index contributed by atoms with van der Waals surface area (Å²) in [5.41, 5.74) is 0. The summed E-state index contributed by atoms with van der Waals surface area (Å²) < 4.78 is 0. The van der Waals surface area contributed by atoms with Crippen molar-refractivity contribution in [3.63, 3.8) is 0 Å². The number of carboxylic acids is 2. The lowest BCUT2D eigenvalue weighted by atomic mass is 9.83. The number of nitro groups is 1. The van der Waals surface area contributed by atoms with E-state index in [2.05, 4.69) is 0 Å². The summed E-state index contributed by atoms with van der Waals surface area (Å²) in [4.78, 5) is 31.7. The first kappa shape index (κ1) is 14.3. The predicted octanol–water partition coefficient (Wildman–Crippen LogP) is 0.853. The summed E-state index contributed by atoms with van der Waals surface area (Å²) in [7, 11) is 0. The molecule has 0 heterocycles. The molecule has 2 N–H and O–H groups in total. The van der Waals surface area contributed by atoms with E-state index in [0.717, 1.165) is 0 Å². The lowest BCUT2D eigenvalue weighted by Gasteiger charge is -2.21. The van der Waals surface area contributed by atoms with Crippen molar-refractivity contribution in [1.29, 1.82) is 0 Å². The van der Waals surface area contributed by atoms with Crippen LogP contribution in [0.5, 0.6) is 0 Å². The van der Waals surface area contributed by atoms with Crippen LogP contribution in [0.2, 0.25) is 0 Å². The van der Waals surface area contributed by atoms with Gasteiger partial charge in [0.25, 0.3) is 0 Å². The van der Waals surface area contributed by atoms with E-state index in [1.807, 2.05) is 0 Å². The molecular weight excluding hydrogens is 218 g/mol. The molecule has 0 aromatic carbocycles. The van der Waals surface area contributed by atoms with E-state index in [-0.39, 0.29) is 12.8 Å². The Labute approximate surface area is 92.2 Å². The minimum absolute atomic E-state index is 0.114. The van der Waals surface area contributed by atoms with E-state index < -0.39 is 34.7 Å². The molecule has 92 valence electrons. The van der Waals surface area contributed by atoms with Gasteiger partial charge in [-0.05, 0) is 6.42 Å². The highest BCUT2D eigenvalue weighted by molar-refractivity contribution is 5.93. The molecule has 7 nitrogen and oxygen atoms in total. The molecule has 0 aromatic rings. The van der Waals surface area contributed by atoms with Crippen LogP contribution in [0, 0.1) is 22.0 Å². The smallest absolute Gasteiger partial charge is 0.318 e. The molecule has 2 atom stereocenters. The van der Waals surface area contributed by atoms with Crippen molar-refractivity contribution in [2.24, 2.45) is 11.8 Å². The maximum Gasteiger partial charge on any atom is 0.318 e. The fourth-order valence-corrected chi connectivity index (χ4v) is 1.81. The van der Waals surface area contributed by atoms with Crippen molar-refractivity contribution in [2.45, 2.75) is 32.7 Å². The van der Waals surface area contributed by atoms with Crippen LogP contribution in [0.3, 0.4) is 0 Å². The van der Waals surface area contributed by atoms with E-state index in [1.165, 1.54) is 6.92 Å². The molecule has 0 amide bonds. The molecule has 0 rings (SSSR count). The fourth-order valence-electron chi connectivity index (χ4n) is 1.81. The van der Waals surface area contributed by atoms with Gasteiger partial charge in [-0.15, -0.1) is 0 Å². The topological polar surface area (TPSA) is 118 Å². The van der Waals surface area contributed by atoms with Crippen molar-refractivity contribution >= 4 is 11.9 Å². The molecule has 0 aliphatic carbocycles. The predicted molar refractivity (Wildman–Crippen MR) is 53.6 cm³/mol. The maximum atomic E-state index is 10.8. The van der Waals surface area contributed by atoms with Crippen LogP contribution >= 0.6 is 0 Å². The highest BCUT2D eigenvalue weighted by atomic mass is 16.6. The number of nitrogens with zero attached hydrogens (tertiary/aromatic N) is 1. The van der Waals surface area contributed by atoms with Crippen LogP contribution in [0.25, 0.3) is 0 Å². The first-order valence-electron chi connectivity index (χ1n) is 4.95. The largest absolute Gasteiger partial charge is 0.481 e. The number of carboxylic acid groups (broad SMARTS) is 2. The summed E-state index contributed by atoms with van der Waals surface area (Å²) in [5.74, 6) is -5.77. The van der Waals surface area contributed by atoms with Gasteiger partial charge in [-0.3, -0.25) is 19.7 Å². The minimum Gasteiger partial charge on any atom is -0.481 e. The quantitative estimate of drug-likeness (QED) is 0.382. The Bertz CT molecular complexity index is 276. The van der Waals surface area contributed by atoms with Gasteiger partial charge in [0.15, 0.2) is 5.92 Å². The third kappa shape index (κ3) is 3.18. The van der Waals surface area contributed by atoms with Crippen molar-refractivity contribution < 1.29 is 24.7 Å². The second kappa shape index (κ2) is 6.04. The number of hydrogen-bond donors (Lipinski definition) is 2. The van der Waals surface area contributed by atoms with E-state index >= 15 is 0 Å². The lowest BCUT2D eigenvalue weighted by molar-refractivity contribution is -0.534. The van der Waals surface area contributed by atoms with Crippen molar-refractivity contribution in [1.82, 2.24) is 0 Å². The van der Waals surface area contributed by atoms with E-state index in [4.69, 9.17) is 10.2 Å². The van der Waals surface area contributed by atoms with Gasteiger partial charge in [-0.1, -0.05) is 13.8 Å². The van der Waals surface area contributed by atoms with Crippen LogP contribution < -0.4 is 0 Å². The summed E-state index contributed by atoms with van der Waals surface area (Å²) in [6.45, 7) is 3.09. The molecule has 0 aliphatic rings. The standard InChI is InChI=1S/C9H15NO6/c1-3-5(6(4-2)10(15)16)7(8(11)12)9(13)14/h5-7H,3-4H2,1-2H3,(H,11,12)(H,13,14). The Morgan fingerprint density at radius 3 is 1.81 bits per heavy atom. The normalized spacial score (nSPS) is 14.4. The highest BCUT2D eigenvalue weighted by Gasteiger charge is 2.43. The molecule has 0 fully saturated rings. The molecule has 0 aromatic heterocycles. The average Bonchev–Trinajstić information content (AvgIpc) is 2.15. The van der Waals surface area contributed by atoms with Gasteiger partial charge in [0.05, 0.1) is 5.92 Å². The zero-order chi connectivity index (χ0) is 12.9. The number of carbonyl (C=O) groups is 2. The van der Waals surface area contributed by atoms with Crippen LogP contribution in [0.1, 0.15) is 26.7 Å². The minimum atomic E-state index is -1.72. The molecule has 0 saturated carbocycles. The Balaban J connectivity index is 5.13. The molecule has 16 heavy (non-hydrogen) atoms. The third-order valence-corrected chi connectivity index (χ3v) is 2.61. The molecule has 0 aliphatic heterocycles. The van der Waals surface area contributed by atoms with Crippen LogP contribution in [0.4, 0.5) is 0 Å².